The Kier molecular flexibility index (Phi) is 6.37. The lowest BCUT2D eigenvalue weighted by molar-refractivity contribution is 0.609. The summed E-state index contributed by atoms with van der Waals surface area (Å²) in [5.74, 6) is 1.66. The second-order valence-electron chi connectivity index (χ2n) is 12.3. The first-order valence-electron chi connectivity index (χ1n) is 15.7. The molecule has 0 saturated carbocycles. The smallest absolute Gasteiger partial charge is 0.141 e. The summed E-state index contributed by atoms with van der Waals surface area (Å²) < 4.78 is 2.47. The van der Waals surface area contributed by atoms with Crippen LogP contribution >= 0.6 is 0 Å². The highest BCUT2D eigenvalue weighted by Gasteiger charge is 2.25. The van der Waals surface area contributed by atoms with Crippen LogP contribution < -0.4 is 0 Å². The van der Waals surface area contributed by atoms with E-state index in [-0.39, 0.29) is 6.04 Å². The Morgan fingerprint density at radius 1 is 0.721 bits per heavy atom. The van der Waals surface area contributed by atoms with Crippen molar-refractivity contribution in [3.05, 3.63) is 143 Å². The lowest BCUT2D eigenvalue weighted by atomic mass is 9.82. The monoisotopic (exact) mass is 556 g/mol. The van der Waals surface area contributed by atoms with Crippen molar-refractivity contribution in [2.75, 3.05) is 0 Å². The van der Waals surface area contributed by atoms with Crippen molar-refractivity contribution in [2.45, 2.75) is 45.6 Å². The molecule has 0 fully saturated rings. The molecule has 0 radical (unpaired) electrons. The topological polar surface area (TPSA) is 17.8 Å². The summed E-state index contributed by atoms with van der Waals surface area (Å²) in [6, 6.07) is 26.9. The van der Waals surface area contributed by atoms with Gasteiger partial charge in [0.2, 0.25) is 0 Å². The van der Waals surface area contributed by atoms with Gasteiger partial charge in [-0.15, -0.1) is 0 Å². The predicted octanol–water partition coefficient (Wildman–Crippen LogP) is 10.7. The standard InChI is InChI=1S/C41H36N2/c1-27-16-19-29(20-17-27)39-33-12-6-7-13-34(33)40(36-26-28(2)18-25-35(36)39)30-21-23-32(24-22-30)43-38-15-9-8-14-37(38)42-41(43)31-10-4-3-5-11-31/h3-7,9-13,15-16,18-23,25-27,32H,8,14,17,24H2,1-2H3. The van der Waals surface area contributed by atoms with Gasteiger partial charge in [0.05, 0.1) is 17.4 Å². The zero-order chi connectivity index (χ0) is 28.9. The van der Waals surface area contributed by atoms with E-state index in [0.717, 1.165) is 31.5 Å². The summed E-state index contributed by atoms with van der Waals surface area (Å²) in [7, 11) is 0. The minimum atomic E-state index is 0.219. The number of rotatable bonds is 4. The van der Waals surface area contributed by atoms with Crippen molar-refractivity contribution in [2.24, 2.45) is 5.92 Å². The number of imidazole rings is 1. The molecule has 0 spiro atoms. The summed E-state index contributed by atoms with van der Waals surface area (Å²) in [6.07, 6.45) is 23.0. The van der Waals surface area contributed by atoms with E-state index in [1.54, 1.807) is 0 Å². The molecule has 1 heterocycles. The summed E-state index contributed by atoms with van der Waals surface area (Å²) in [5, 5.41) is 5.33. The zero-order valence-electron chi connectivity index (χ0n) is 24.9. The second-order valence-corrected chi connectivity index (χ2v) is 12.3. The van der Waals surface area contributed by atoms with Crippen LogP contribution in [0.5, 0.6) is 0 Å². The van der Waals surface area contributed by atoms with Gasteiger partial charge in [0.25, 0.3) is 0 Å². The SMILES string of the molecule is Cc1ccc2c(C3=CCC(C)C=C3)c3ccccc3c(C3=CCC(n4c(-c5ccccc5)nc5c4C=CCC5)C=C3)c2c1. The average molecular weight is 557 g/mol. The van der Waals surface area contributed by atoms with E-state index >= 15 is 0 Å². The number of aromatic nitrogens is 2. The normalized spacial score (nSPS) is 19.5. The minimum Gasteiger partial charge on any atom is -0.317 e. The van der Waals surface area contributed by atoms with Crippen LogP contribution in [0.4, 0.5) is 0 Å². The van der Waals surface area contributed by atoms with E-state index in [1.165, 1.54) is 66.3 Å². The maximum absolute atomic E-state index is 5.17. The summed E-state index contributed by atoms with van der Waals surface area (Å²) in [5.41, 5.74) is 10.3. The minimum absolute atomic E-state index is 0.219. The molecular weight excluding hydrogens is 520 g/mol. The lowest BCUT2D eigenvalue weighted by Crippen LogP contribution is -2.12. The molecular formula is C41H36N2. The first-order valence-corrected chi connectivity index (χ1v) is 15.7. The Morgan fingerprint density at radius 3 is 2.14 bits per heavy atom. The molecule has 1 aromatic heterocycles. The van der Waals surface area contributed by atoms with E-state index in [4.69, 9.17) is 4.98 Å². The fourth-order valence-corrected chi connectivity index (χ4v) is 7.21. The molecule has 0 aliphatic heterocycles. The first kappa shape index (κ1) is 26.0. The Labute approximate surface area is 254 Å². The highest BCUT2D eigenvalue weighted by atomic mass is 15.1. The van der Waals surface area contributed by atoms with E-state index in [1.807, 2.05) is 0 Å². The summed E-state index contributed by atoms with van der Waals surface area (Å²) >= 11 is 0. The number of hydrogen-bond donors (Lipinski definition) is 0. The Balaban J connectivity index is 1.27. The van der Waals surface area contributed by atoms with Crippen LogP contribution in [0.3, 0.4) is 0 Å². The van der Waals surface area contributed by atoms with Crippen LogP contribution in [0.2, 0.25) is 0 Å². The fraction of sp³-hybridized carbons (Fsp3) is 0.195. The van der Waals surface area contributed by atoms with Gasteiger partial charge in [-0.3, -0.25) is 0 Å². The van der Waals surface area contributed by atoms with Gasteiger partial charge in [-0.25, -0.2) is 4.98 Å². The first-order chi connectivity index (χ1) is 21.2. The molecule has 43 heavy (non-hydrogen) atoms. The van der Waals surface area contributed by atoms with Crippen molar-refractivity contribution in [1.82, 2.24) is 9.55 Å². The Morgan fingerprint density at radius 2 is 1.42 bits per heavy atom. The molecule has 2 nitrogen and oxygen atoms in total. The maximum Gasteiger partial charge on any atom is 0.141 e. The number of nitrogens with zero attached hydrogens (tertiary/aromatic N) is 2. The van der Waals surface area contributed by atoms with Gasteiger partial charge in [0.1, 0.15) is 5.82 Å². The molecule has 2 unspecified atom stereocenters. The molecule has 210 valence electrons. The summed E-state index contributed by atoms with van der Waals surface area (Å²) in [4.78, 5) is 5.17. The van der Waals surface area contributed by atoms with Crippen molar-refractivity contribution in [3.8, 4) is 11.4 Å². The van der Waals surface area contributed by atoms with Crippen LogP contribution in [-0.4, -0.2) is 9.55 Å². The van der Waals surface area contributed by atoms with Crippen molar-refractivity contribution in [1.29, 1.82) is 0 Å². The van der Waals surface area contributed by atoms with E-state index in [0.29, 0.717) is 5.92 Å². The van der Waals surface area contributed by atoms with Crippen molar-refractivity contribution < 1.29 is 0 Å². The van der Waals surface area contributed by atoms with Gasteiger partial charge in [-0.05, 0) is 88.4 Å². The third kappa shape index (κ3) is 4.44. The van der Waals surface area contributed by atoms with E-state index in [9.17, 15) is 0 Å². The molecule has 0 bridgehead atoms. The lowest BCUT2D eigenvalue weighted by Gasteiger charge is -2.25. The Hall–Kier alpha value is -4.69. The molecule has 0 N–H and O–H groups in total. The largest absolute Gasteiger partial charge is 0.317 e. The van der Waals surface area contributed by atoms with E-state index < -0.39 is 0 Å². The molecule has 2 atom stereocenters. The van der Waals surface area contributed by atoms with Crippen molar-refractivity contribution >= 4 is 38.8 Å². The molecule has 0 saturated heterocycles. The number of allylic oxidation sites excluding steroid dienone is 9. The highest BCUT2D eigenvalue weighted by molar-refractivity contribution is 6.17. The van der Waals surface area contributed by atoms with Gasteiger partial charge in [-0.1, -0.05) is 128 Å². The quantitative estimate of drug-likeness (QED) is 0.201. The average Bonchev–Trinajstić information content (AvgIpc) is 3.44. The third-order valence-corrected chi connectivity index (χ3v) is 9.36. The van der Waals surface area contributed by atoms with E-state index in [2.05, 4.69) is 140 Å². The second kappa shape index (κ2) is 10.5. The molecule has 0 amide bonds. The van der Waals surface area contributed by atoms with Crippen LogP contribution in [0.25, 0.3) is 50.2 Å². The van der Waals surface area contributed by atoms with Gasteiger partial charge in [-0.2, -0.15) is 0 Å². The molecule has 2 heteroatoms. The van der Waals surface area contributed by atoms with Crippen molar-refractivity contribution in [3.63, 3.8) is 0 Å². The number of aryl methyl sites for hydroxylation is 2. The number of benzene rings is 4. The molecule has 4 aromatic carbocycles. The molecule has 5 aromatic rings. The van der Waals surface area contributed by atoms with Gasteiger partial charge >= 0.3 is 0 Å². The van der Waals surface area contributed by atoms with Crippen LogP contribution in [0.15, 0.2) is 115 Å². The van der Waals surface area contributed by atoms with Gasteiger partial charge in [0.15, 0.2) is 0 Å². The van der Waals surface area contributed by atoms with Gasteiger partial charge < -0.3 is 4.57 Å². The van der Waals surface area contributed by atoms with Gasteiger partial charge in [0, 0.05) is 5.56 Å². The maximum atomic E-state index is 5.17. The zero-order valence-corrected chi connectivity index (χ0v) is 24.9. The third-order valence-electron chi connectivity index (χ3n) is 9.36. The molecule has 3 aliphatic rings. The Bertz CT molecular complexity index is 2040. The van der Waals surface area contributed by atoms with Crippen LogP contribution in [-0.2, 0) is 6.42 Å². The fourth-order valence-electron chi connectivity index (χ4n) is 7.21. The molecule has 3 aliphatic carbocycles. The van der Waals surface area contributed by atoms with Crippen LogP contribution in [0, 0.1) is 12.8 Å². The number of fused-ring (bicyclic) bond motifs is 3. The van der Waals surface area contributed by atoms with Crippen LogP contribution in [0.1, 0.15) is 60.3 Å². The molecule has 8 rings (SSSR count). The summed E-state index contributed by atoms with van der Waals surface area (Å²) in [6.45, 7) is 4.50. The predicted molar refractivity (Wildman–Crippen MR) is 183 cm³/mol. The highest BCUT2D eigenvalue weighted by Crippen LogP contribution is 2.43. The number of hydrogen-bond acceptors (Lipinski definition) is 1.